The molecule has 0 spiro atoms. The van der Waals surface area contributed by atoms with Gasteiger partial charge in [-0.25, -0.2) is 26.3 Å². The van der Waals surface area contributed by atoms with E-state index in [0.29, 0.717) is 34.4 Å². The van der Waals surface area contributed by atoms with Gasteiger partial charge < -0.3 is 4.74 Å². The minimum atomic E-state index is -0.776. The molecule has 7 aromatic carbocycles. The highest BCUT2D eigenvalue weighted by molar-refractivity contribution is 5.69. The Morgan fingerprint density at radius 2 is 0.685 bits per heavy atom. The monoisotopic (exact) mass is 1210 g/mol. The van der Waals surface area contributed by atoms with E-state index in [-0.39, 0.29) is 0 Å². The molecular formula is C82H96F6O. The zero-order chi connectivity index (χ0) is 62.6. The fourth-order valence-corrected chi connectivity index (χ4v) is 13.0. The lowest BCUT2D eigenvalue weighted by Crippen LogP contribution is -2.05. The number of unbranched alkanes of at least 4 members (excludes halogenated alkanes) is 14. The van der Waals surface area contributed by atoms with E-state index in [4.69, 9.17) is 4.74 Å². The van der Waals surface area contributed by atoms with Gasteiger partial charge in [0.05, 0.1) is 6.61 Å². The second kappa shape index (κ2) is 36.7. The van der Waals surface area contributed by atoms with Crippen molar-refractivity contribution in [2.24, 2.45) is 0 Å². The SMILES string of the molecule is CCCCCCCCCCCCc1ccc(C2CC=C(c3cccc(F)c3F)CC2)cc1.CCCCCCCCOc1ccc(C2CC=C(c3cccc(F)c3F)CC2)cc1.CCc1ccc(-c2ccc(C3CC=C(c4cccc(F)c4F)CC3)cc2)cc1. The lowest BCUT2D eigenvalue weighted by Gasteiger charge is -2.23. The molecule has 7 heteroatoms. The van der Waals surface area contributed by atoms with Gasteiger partial charge in [0, 0.05) is 16.7 Å². The van der Waals surface area contributed by atoms with E-state index in [9.17, 15) is 26.3 Å². The molecule has 7 aromatic rings. The van der Waals surface area contributed by atoms with Crippen LogP contribution in [0.2, 0.25) is 0 Å². The average Bonchev–Trinajstić information content (AvgIpc) is 3.47. The minimum absolute atomic E-state index is 0.405. The molecule has 10 rings (SSSR count). The first kappa shape index (κ1) is 68.1. The van der Waals surface area contributed by atoms with Crippen molar-refractivity contribution in [1.29, 1.82) is 0 Å². The van der Waals surface area contributed by atoms with Gasteiger partial charge in [-0.05, 0) is 187 Å². The number of halogens is 6. The molecule has 0 N–H and O–H groups in total. The first-order chi connectivity index (χ1) is 43.5. The van der Waals surface area contributed by atoms with Crippen molar-refractivity contribution in [2.75, 3.05) is 6.61 Å². The fraction of sp³-hybridized carbons (Fsp3) is 0.415. The second-order valence-electron chi connectivity index (χ2n) is 24.9. The van der Waals surface area contributed by atoms with Crippen LogP contribution in [0.5, 0.6) is 5.75 Å². The van der Waals surface area contributed by atoms with Crippen LogP contribution in [0.3, 0.4) is 0 Å². The first-order valence-electron chi connectivity index (χ1n) is 33.9. The summed E-state index contributed by atoms with van der Waals surface area (Å²) in [6.07, 6.45) is 37.6. The van der Waals surface area contributed by atoms with Crippen molar-refractivity contribution >= 4 is 16.7 Å². The van der Waals surface area contributed by atoms with Gasteiger partial charge in [0.15, 0.2) is 34.9 Å². The van der Waals surface area contributed by atoms with Crippen LogP contribution >= 0.6 is 0 Å². The summed E-state index contributed by atoms with van der Waals surface area (Å²) in [5, 5.41) is 0. The van der Waals surface area contributed by atoms with Crippen molar-refractivity contribution in [3.05, 3.63) is 249 Å². The lowest BCUT2D eigenvalue weighted by atomic mass is 9.82. The van der Waals surface area contributed by atoms with Gasteiger partial charge in [-0.15, -0.1) is 0 Å². The van der Waals surface area contributed by atoms with Crippen LogP contribution in [0.15, 0.2) is 170 Å². The zero-order valence-corrected chi connectivity index (χ0v) is 53.4. The first-order valence-corrected chi connectivity index (χ1v) is 33.9. The largest absolute Gasteiger partial charge is 0.494 e. The van der Waals surface area contributed by atoms with Gasteiger partial charge in [-0.2, -0.15) is 0 Å². The van der Waals surface area contributed by atoms with Crippen molar-refractivity contribution in [2.45, 2.75) is 212 Å². The molecule has 89 heavy (non-hydrogen) atoms. The third-order valence-electron chi connectivity index (χ3n) is 18.6. The van der Waals surface area contributed by atoms with Gasteiger partial charge in [0.1, 0.15) is 5.75 Å². The second-order valence-corrected chi connectivity index (χ2v) is 24.9. The molecule has 3 aliphatic carbocycles. The molecule has 3 unspecified atom stereocenters. The number of rotatable bonds is 27. The Balaban J connectivity index is 0.000000173. The highest BCUT2D eigenvalue weighted by Gasteiger charge is 2.23. The normalized spacial score (nSPS) is 16.5. The molecule has 0 bridgehead atoms. The van der Waals surface area contributed by atoms with Gasteiger partial charge >= 0.3 is 0 Å². The maximum absolute atomic E-state index is 14.1. The van der Waals surface area contributed by atoms with Crippen LogP contribution in [-0.2, 0) is 12.8 Å². The number of ether oxygens (including phenoxy) is 1. The summed E-state index contributed by atoms with van der Waals surface area (Å²) in [7, 11) is 0. The molecule has 0 saturated heterocycles. The van der Waals surface area contributed by atoms with E-state index in [1.807, 2.05) is 0 Å². The van der Waals surface area contributed by atoms with Crippen LogP contribution in [0, 0.1) is 34.9 Å². The summed E-state index contributed by atoms with van der Waals surface area (Å²) < 4.78 is 88.5. The zero-order valence-electron chi connectivity index (χ0n) is 53.4. The standard InChI is InChI=1S/C30H40F2.C26H32F2O.C26H24F2/c1-2-3-4-5-6-7-8-9-10-11-13-24-16-18-25(19-17-24)26-20-22-27(23-21-26)28-14-12-15-29(31)30(28)32;1-2-3-4-5-6-7-19-29-23-17-15-21(16-18-23)20-11-13-22(14-12-20)24-9-8-10-25(27)26(24)28;1-2-18-6-8-19(9-7-18)20-10-12-21(13-11-20)22-14-16-23(17-15-22)24-4-3-5-25(27)26(24)28/h12,14-19,22,26H,2-11,13,20-21,23H2,1H3;8-10,13,15-18,20H,2-7,11-12,14,19H2,1H3;3-13,16,22H,2,14-15,17H2,1H3. The number of benzene rings is 7. The fourth-order valence-electron chi connectivity index (χ4n) is 13.0. The predicted molar refractivity (Wildman–Crippen MR) is 361 cm³/mol. The Labute approximate surface area is 529 Å². The summed E-state index contributed by atoms with van der Waals surface area (Å²) in [5.41, 5.74) is 13.2. The smallest absolute Gasteiger partial charge is 0.166 e. The Morgan fingerprint density at radius 3 is 1.06 bits per heavy atom. The quantitative estimate of drug-likeness (QED) is 0.0368. The molecule has 0 radical (unpaired) electrons. The molecule has 0 amide bonds. The molecule has 0 heterocycles. The molecule has 1 nitrogen and oxygen atoms in total. The molecule has 472 valence electrons. The van der Waals surface area contributed by atoms with Gasteiger partial charge in [0.25, 0.3) is 0 Å². The Hall–Kier alpha value is -6.86. The third kappa shape index (κ3) is 20.8. The highest BCUT2D eigenvalue weighted by Crippen LogP contribution is 2.41. The van der Waals surface area contributed by atoms with Crippen LogP contribution in [0.25, 0.3) is 27.8 Å². The topological polar surface area (TPSA) is 9.23 Å². The minimum Gasteiger partial charge on any atom is -0.494 e. The maximum Gasteiger partial charge on any atom is 0.166 e. The Morgan fingerprint density at radius 1 is 0.348 bits per heavy atom. The molecule has 3 aliphatic rings. The van der Waals surface area contributed by atoms with E-state index in [0.717, 1.165) is 99.7 Å². The number of allylic oxidation sites excluding steroid dienone is 6. The van der Waals surface area contributed by atoms with Crippen LogP contribution in [0.1, 0.15) is 244 Å². The van der Waals surface area contributed by atoms with E-state index in [1.54, 1.807) is 36.4 Å². The summed E-state index contributed by atoms with van der Waals surface area (Å²) >= 11 is 0. The van der Waals surface area contributed by atoms with E-state index in [1.165, 1.54) is 160 Å². The van der Waals surface area contributed by atoms with Crippen molar-refractivity contribution in [1.82, 2.24) is 0 Å². The Kier molecular flexibility index (Phi) is 28.1. The summed E-state index contributed by atoms with van der Waals surface area (Å²) in [4.78, 5) is 0. The van der Waals surface area contributed by atoms with Crippen LogP contribution in [-0.4, -0.2) is 6.61 Å². The van der Waals surface area contributed by atoms with Crippen molar-refractivity contribution in [3.63, 3.8) is 0 Å². The average molecular weight is 1210 g/mol. The van der Waals surface area contributed by atoms with Gasteiger partial charge in [0.2, 0.25) is 0 Å². The van der Waals surface area contributed by atoms with E-state index >= 15 is 0 Å². The number of aryl methyl sites for hydroxylation is 2. The predicted octanol–water partition coefficient (Wildman–Crippen LogP) is 25.4. The van der Waals surface area contributed by atoms with Crippen molar-refractivity contribution < 1.29 is 31.1 Å². The number of hydrogen-bond donors (Lipinski definition) is 0. The van der Waals surface area contributed by atoms with Crippen LogP contribution in [0.4, 0.5) is 26.3 Å². The Bertz CT molecular complexity index is 3320. The van der Waals surface area contributed by atoms with E-state index in [2.05, 4.69) is 136 Å². The summed E-state index contributed by atoms with van der Waals surface area (Å²) in [5.74, 6) is -2.24. The molecule has 3 atom stereocenters. The van der Waals surface area contributed by atoms with Gasteiger partial charge in [-0.1, -0.05) is 250 Å². The number of hydrogen-bond acceptors (Lipinski definition) is 1. The summed E-state index contributed by atoms with van der Waals surface area (Å²) in [6.45, 7) is 7.45. The molecular weight excluding hydrogens is 1110 g/mol. The lowest BCUT2D eigenvalue weighted by molar-refractivity contribution is 0.304. The molecule has 0 aliphatic heterocycles. The van der Waals surface area contributed by atoms with Crippen LogP contribution < -0.4 is 4.74 Å². The van der Waals surface area contributed by atoms with Crippen molar-refractivity contribution in [3.8, 4) is 16.9 Å². The maximum atomic E-state index is 14.1. The molecule has 0 fully saturated rings. The molecule has 0 saturated carbocycles. The van der Waals surface area contributed by atoms with Gasteiger partial charge in [-0.3, -0.25) is 0 Å². The highest BCUT2D eigenvalue weighted by atomic mass is 19.2. The molecule has 0 aromatic heterocycles. The van der Waals surface area contributed by atoms with E-state index < -0.39 is 34.9 Å². The third-order valence-corrected chi connectivity index (χ3v) is 18.6. The summed E-state index contributed by atoms with van der Waals surface area (Å²) in [6, 6.07) is 48.3.